The number of aldehydes is 1. The fourth-order valence-corrected chi connectivity index (χ4v) is 3.45. The summed E-state index contributed by atoms with van der Waals surface area (Å²) in [7, 11) is -1.78. The monoisotopic (exact) mass is 440 g/mol. The van der Waals surface area contributed by atoms with Crippen LogP contribution in [-0.2, 0) is 19.6 Å². The summed E-state index contributed by atoms with van der Waals surface area (Å²) in [5.74, 6) is 0.428. The third kappa shape index (κ3) is 6.36. The number of ether oxygens (including phenoxy) is 1. The Morgan fingerprint density at radius 2 is 2.08 bits per heavy atom. The van der Waals surface area contributed by atoms with E-state index in [0.29, 0.717) is 39.5 Å². The van der Waals surface area contributed by atoms with E-state index in [1.807, 2.05) is 0 Å². The van der Waals surface area contributed by atoms with Crippen molar-refractivity contribution in [3.05, 3.63) is 65.2 Å². The van der Waals surface area contributed by atoms with Crippen molar-refractivity contribution in [2.24, 2.45) is 4.99 Å². The van der Waals surface area contributed by atoms with E-state index in [9.17, 15) is 13.2 Å². The summed E-state index contributed by atoms with van der Waals surface area (Å²) in [5.41, 5.74) is 1.16. The van der Waals surface area contributed by atoms with Crippen LogP contribution in [0.3, 0.4) is 0 Å². The zero-order valence-corrected chi connectivity index (χ0v) is 16.8. The van der Waals surface area contributed by atoms with Crippen molar-refractivity contribution in [1.82, 2.24) is 4.72 Å². The van der Waals surface area contributed by atoms with Crippen LogP contribution in [0.5, 0.6) is 0 Å². The molecule has 8 heteroatoms. The molecule has 0 bridgehead atoms. The molecule has 1 heterocycles. The Labute approximate surface area is 162 Å². The van der Waals surface area contributed by atoms with E-state index in [1.54, 1.807) is 37.5 Å². The van der Waals surface area contributed by atoms with Gasteiger partial charge in [0.15, 0.2) is 6.29 Å². The van der Waals surface area contributed by atoms with Crippen LogP contribution in [0.2, 0.25) is 0 Å². The van der Waals surface area contributed by atoms with Crippen LogP contribution in [0.1, 0.15) is 12.0 Å². The quantitative estimate of drug-likeness (QED) is 0.305. The number of nitrogens with zero attached hydrogens (tertiary/aromatic N) is 1. The van der Waals surface area contributed by atoms with Gasteiger partial charge in [0.05, 0.1) is 4.90 Å². The summed E-state index contributed by atoms with van der Waals surface area (Å²) in [4.78, 5) is 14.7. The van der Waals surface area contributed by atoms with Gasteiger partial charge in [-0.15, -0.1) is 0 Å². The maximum Gasteiger partial charge on any atom is 0.263 e. The molecule has 140 valence electrons. The van der Waals surface area contributed by atoms with E-state index >= 15 is 0 Å². The molecule has 1 aromatic rings. The fraction of sp³-hybridized carbons (Fsp3) is 0.222. The number of halogens is 1. The number of carbonyl (C=O) groups excluding carboxylic acids is 1. The molecule has 0 amide bonds. The van der Waals surface area contributed by atoms with Crippen molar-refractivity contribution >= 4 is 38.1 Å². The van der Waals surface area contributed by atoms with Gasteiger partial charge in [0.2, 0.25) is 0 Å². The van der Waals surface area contributed by atoms with Crippen LogP contribution in [0, 0.1) is 0 Å². The number of methoxy groups -OCH3 is 1. The third-order valence-corrected chi connectivity index (χ3v) is 5.03. The van der Waals surface area contributed by atoms with E-state index in [2.05, 4.69) is 38.8 Å². The van der Waals surface area contributed by atoms with Gasteiger partial charge in [-0.2, -0.15) is 0 Å². The largest absolute Gasteiger partial charge is 0.385 e. The number of allylic oxidation sites excluding steroid dienone is 4. The Morgan fingerprint density at radius 1 is 1.38 bits per heavy atom. The van der Waals surface area contributed by atoms with Gasteiger partial charge in [0, 0.05) is 35.9 Å². The Balaban J connectivity index is 0.000000321. The molecule has 0 aliphatic carbocycles. The third-order valence-electron chi connectivity index (χ3n) is 3.18. The Morgan fingerprint density at radius 3 is 2.62 bits per heavy atom. The van der Waals surface area contributed by atoms with E-state index < -0.39 is 10.0 Å². The Hall–Kier alpha value is -2.03. The summed E-state index contributed by atoms with van der Waals surface area (Å²) >= 11 is 3.06. The molecule has 0 radical (unpaired) electrons. The summed E-state index contributed by atoms with van der Waals surface area (Å²) in [6.45, 7) is 8.11. The molecule has 1 N–H and O–H groups in total. The van der Waals surface area contributed by atoms with Crippen LogP contribution >= 0.6 is 15.9 Å². The highest BCUT2D eigenvalue weighted by Gasteiger charge is 2.29. The first-order valence-electron chi connectivity index (χ1n) is 7.65. The van der Waals surface area contributed by atoms with E-state index in [-0.39, 0.29) is 0 Å². The standard InChI is InChI=1S/C11H14N2O3S.C7H7BrO/c1-16-8-4-7-12-11-9-5-2-3-6-10(9)17(14,15)13-11;1-3-4-7(5-9)6(2)8/h2-3,5-6H,4,7-8H2,1H3,(H,12,13);3-5H,1-2H2/b;7-4-. The van der Waals surface area contributed by atoms with Crippen molar-refractivity contribution < 1.29 is 17.9 Å². The molecule has 0 saturated carbocycles. The lowest BCUT2D eigenvalue weighted by atomic mass is 10.2. The van der Waals surface area contributed by atoms with Crippen molar-refractivity contribution in [3.8, 4) is 0 Å². The number of hydrogen-bond acceptors (Lipinski definition) is 5. The molecule has 1 aliphatic rings. The second-order valence-electron chi connectivity index (χ2n) is 5.06. The van der Waals surface area contributed by atoms with Gasteiger partial charge in [-0.25, -0.2) is 8.42 Å². The smallest absolute Gasteiger partial charge is 0.263 e. The minimum absolute atomic E-state index is 0.297. The van der Waals surface area contributed by atoms with Crippen LogP contribution in [-0.4, -0.2) is 40.8 Å². The van der Waals surface area contributed by atoms with Crippen molar-refractivity contribution in [3.63, 3.8) is 0 Å². The number of nitrogens with one attached hydrogen (secondary N) is 1. The molecule has 0 aromatic heterocycles. The van der Waals surface area contributed by atoms with Crippen LogP contribution in [0.25, 0.3) is 0 Å². The predicted molar refractivity (Wildman–Crippen MR) is 107 cm³/mol. The molecule has 0 spiro atoms. The van der Waals surface area contributed by atoms with Gasteiger partial charge in [0.25, 0.3) is 10.0 Å². The van der Waals surface area contributed by atoms with Gasteiger partial charge in [-0.1, -0.05) is 53.4 Å². The fourth-order valence-electron chi connectivity index (χ4n) is 1.97. The minimum atomic E-state index is -3.41. The van der Waals surface area contributed by atoms with Crippen LogP contribution in [0.4, 0.5) is 0 Å². The molecule has 6 nitrogen and oxygen atoms in total. The van der Waals surface area contributed by atoms with Gasteiger partial charge in [-0.05, 0) is 18.6 Å². The highest BCUT2D eigenvalue weighted by molar-refractivity contribution is 9.12. The SMILES string of the molecule is C=C/C=C(/C=O)C(=C)Br.COCCCN=C1NS(=O)(=O)c2ccccc21. The number of sulfonamides is 1. The second kappa shape index (κ2) is 10.8. The molecule has 1 aromatic carbocycles. The lowest BCUT2D eigenvalue weighted by Crippen LogP contribution is -2.22. The first-order valence-corrected chi connectivity index (χ1v) is 9.93. The van der Waals surface area contributed by atoms with Crippen molar-refractivity contribution in [1.29, 1.82) is 0 Å². The van der Waals surface area contributed by atoms with Crippen molar-refractivity contribution in [2.75, 3.05) is 20.3 Å². The average molecular weight is 441 g/mol. The second-order valence-corrected chi connectivity index (χ2v) is 7.67. The molecule has 0 saturated heterocycles. The molecular formula is C18H21BrN2O4S. The number of hydrogen-bond donors (Lipinski definition) is 1. The average Bonchev–Trinajstić information content (AvgIpc) is 2.88. The zero-order valence-electron chi connectivity index (χ0n) is 14.4. The number of benzene rings is 1. The molecule has 0 fully saturated rings. The first kappa shape index (κ1) is 22.0. The summed E-state index contributed by atoms with van der Waals surface area (Å²) < 4.78 is 31.4. The highest BCUT2D eigenvalue weighted by Crippen LogP contribution is 2.22. The number of fused-ring (bicyclic) bond motifs is 1. The predicted octanol–water partition coefficient (Wildman–Crippen LogP) is 2.97. The maximum atomic E-state index is 11.7. The lowest BCUT2D eigenvalue weighted by molar-refractivity contribution is -0.104. The zero-order chi connectivity index (χ0) is 19.6. The highest BCUT2D eigenvalue weighted by atomic mass is 79.9. The van der Waals surface area contributed by atoms with Crippen molar-refractivity contribution in [2.45, 2.75) is 11.3 Å². The van der Waals surface area contributed by atoms with E-state index in [4.69, 9.17) is 4.74 Å². The Kier molecular flexibility index (Phi) is 9.18. The summed E-state index contributed by atoms with van der Waals surface area (Å²) in [6.07, 6.45) is 4.61. The summed E-state index contributed by atoms with van der Waals surface area (Å²) in [6, 6.07) is 6.83. The van der Waals surface area contributed by atoms with Gasteiger partial charge in [-0.3, -0.25) is 14.5 Å². The molecule has 2 rings (SSSR count). The lowest BCUT2D eigenvalue weighted by Gasteiger charge is -1.99. The minimum Gasteiger partial charge on any atom is -0.385 e. The van der Waals surface area contributed by atoms with Gasteiger partial charge in [0.1, 0.15) is 5.84 Å². The van der Waals surface area contributed by atoms with E-state index in [1.165, 1.54) is 6.08 Å². The number of carbonyl (C=O) groups is 1. The van der Waals surface area contributed by atoms with Gasteiger partial charge < -0.3 is 4.74 Å². The maximum absolute atomic E-state index is 11.7. The molecule has 0 unspecified atom stereocenters. The van der Waals surface area contributed by atoms with Crippen LogP contribution < -0.4 is 4.72 Å². The Bertz CT molecular complexity index is 829. The summed E-state index contributed by atoms with van der Waals surface area (Å²) in [5, 5.41) is 0. The number of amidine groups is 1. The molecule has 1 aliphatic heterocycles. The molecule has 0 atom stereocenters. The van der Waals surface area contributed by atoms with Gasteiger partial charge >= 0.3 is 0 Å². The van der Waals surface area contributed by atoms with Crippen LogP contribution in [0.15, 0.2) is 69.5 Å². The molecular weight excluding hydrogens is 420 g/mol. The first-order chi connectivity index (χ1) is 12.4. The topological polar surface area (TPSA) is 84.8 Å². The van der Waals surface area contributed by atoms with E-state index in [0.717, 1.165) is 12.7 Å². The number of rotatable bonds is 7. The molecule has 26 heavy (non-hydrogen) atoms. The normalized spacial score (nSPS) is 16.1. The number of aliphatic imine (C=N–C) groups is 1.